The third-order valence-electron chi connectivity index (χ3n) is 3.95. The number of nitrogen functional groups attached to an aromatic ring is 1. The van der Waals surface area contributed by atoms with Gasteiger partial charge in [0, 0.05) is 19.2 Å². The van der Waals surface area contributed by atoms with Crippen LogP contribution in [-0.4, -0.2) is 43.1 Å². The summed E-state index contributed by atoms with van der Waals surface area (Å²) < 4.78 is 11.0. The first-order valence-electron chi connectivity index (χ1n) is 7.75. The van der Waals surface area contributed by atoms with Gasteiger partial charge in [0.25, 0.3) is 17.4 Å². The summed E-state index contributed by atoms with van der Waals surface area (Å²) in [5.41, 5.74) is 5.63. The zero-order valence-electron chi connectivity index (χ0n) is 14.5. The quantitative estimate of drug-likeness (QED) is 0.622. The van der Waals surface area contributed by atoms with Crippen molar-refractivity contribution in [3.05, 3.63) is 45.7 Å². The van der Waals surface area contributed by atoms with Crippen molar-refractivity contribution in [1.82, 2.24) is 9.88 Å². The predicted molar refractivity (Wildman–Crippen MR) is 95.3 cm³/mol. The molecule has 0 unspecified atom stereocenters. The molecule has 3 amide bonds. The number of nitrogens with one attached hydrogen (secondary N) is 2. The number of nitrogens with zero attached hydrogens (tertiary/aromatic N) is 1. The lowest BCUT2D eigenvalue weighted by Gasteiger charge is -2.17. The lowest BCUT2D eigenvalue weighted by Crippen LogP contribution is -2.26. The van der Waals surface area contributed by atoms with Crippen LogP contribution in [0.5, 0.6) is 5.75 Å². The Morgan fingerprint density at radius 1 is 1.19 bits per heavy atom. The van der Waals surface area contributed by atoms with Crippen LogP contribution < -0.4 is 26.7 Å². The second-order valence-electron chi connectivity index (χ2n) is 5.64. The number of rotatable bonds is 5. The van der Waals surface area contributed by atoms with Gasteiger partial charge in [-0.3, -0.25) is 29.1 Å². The first kappa shape index (κ1) is 18.1. The number of ether oxygens (including phenoxy) is 2. The van der Waals surface area contributed by atoms with Crippen LogP contribution in [0.3, 0.4) is 0 Å². The van der Waals surface area contributed by atoms with Crippen LogP contribution in [0, 0.1) is 0 Å². The SMILES string of the molecule is COCC(=O)Nc1ccc(OC)cc1-n1c(N)c2c(cc1=O)C(=O)NC2=O. The highest BCUT2D eigenvalue weighted by Crippen LogP contribution is 2.29. The summed E-state index contributed by atoms with van der Waals surface area (Å²) in [5, 5.41) is 4.70. The zero-order valence-corrected chi connectivity index (χ0v) is 14.5. The van der Waals surface area contributed by atoms with Gasteiger partial charge in [-0.05, 0) is 12.1 Å². The van der Waals surface area contributed by atoms with Gasteiger partial charge >= 0.3 is 0 Å². The fourth-order valence-electron chi connectivity index (χ4n) is 2.77. The highest BCUT2D eigenvalue weighted by molar-refractivity contribution is 6.23. The Hall–Kier alpha value is -3.66. The topological polar surface area (TPSA) is 142 Å². The molecule has 2 heterocycles. The monoisotopic (exact) mass is 372 g/mol. The number of methoxy groups -OCH3 is 2. The summed E-state index contributed by atoms with van der Waals surface area (Å²) in [7, 11) is 2.80. The Balaban J connectivity index is 2.23. The van der Waals surface area contributed by atoms with Crippen LogP contribution in [0.2, 0.25) is 0 Å². The number of nitrogens with two attached hydrogens (primary N) is 1. The van der Waals surface area contributed by atoms with Crippen molar-refractivity contribution in [3.8, 4) is 11.4 Å². The molecule has 140 valence electrons. The summed E-state index contributed by atoms with van der Waals surface area (Å²) in [6, 6.07) is 5.59. The molecule has 0 saturated heterocycles. The van der Waals surface area contributed by atoms with Crippen molar-refractivity contribution >= 4 is 29.2 Å². The van der Waals surface area contributed by atoms with Gasteiger partial charge in [-0.25, -0.2) is 0 Å². The minimum absolute atomic E-state index is 0.0911. The maximum atomic E-state index is 12.6. The number of benzene rings is 1. The molecule has 3 rings (SSSR count). The fraction of sp³-hybridized carbons (Fsp3) is 0.176. The Kier molecular flexibility index (Phi) is 4.65. The molecule has 0 saturated carbocycles. The summed E-state index contributed by atoms with van der Waals surface area (Å²) in [4.78, 5) is 48.3. The molecule has 4 N–H and O–H groups in total. The minimum Gasteiger partial charge on any atom is -0.497 e. The number of pyridine rings is 1. The van der Waals surface area contributed by atoms with Crippen LogP contribution in [0.1, 0.15) is 20.7 Å². The molecule has 1 aromatic heterocycles. The second-order valence-corrected chi connectivity index (χ2v) is 5.64. The van der Waals surface area contributed by atoms with E-state index in [0.29, 0.717) is 5.75 Å². The Bertz CT molecular complexity index is 1030. The number of imide groups is 1. The van der Waals surface area contributed by atoms with E-state index in [2.05, 4.69) is 10.6 Å². The summed E-state index contributed by atoms with van der Waals surface area (Å²) >= 11 is 0. The predicted octanol–water partition coefficient (Wildman–Crippen LogP) is -0.103. The standard InChI is InChI=1S/C17H16N4O6/c1-26-7-12(22)19-10-4-3-8(27-2)5-11(10)21-13(23)6-9-14(15(21)18)17(25)20-16(9)24/h3-6H,7,18H2,1-2H3,(H,19,22)(H,20,24,25). The summed E-state index contributed by atoms with van der Waals surface area (Å²) in [6.07, 6.45) is 0. The van der Waals surface area contributed by atoms with E-state index in [1.165, 1.54) is 26.4 Å². The maximum absolute atomic E-state index is 12.6. The Morgan fingerprint density at radius 3 is 2.59 bits per heavy atom. The van der Waals surface area contributed by atoms with E-state index < -0.39 is 23.3 Å². The third-order valence-corrected chi connectivity index (χ3v) is 3.95. The number of amides is 3. The Labute approximate surface area is 152 Å². The van der Waals surface area contributed by atoms with Crippen molar-refractivity contribution in [2.75, 3.05) is 31.9 Å². The minimum atomic E-state index is -0.700. The van der Waals surface area contributed by atoms with Crippen LogP contribution in [0.15, 0.2) is 29.1 Å². The van der Waals surface area contributed by atoms with Gasteiger partial charge < -0.3 is 20.5 Å². The molecule has 0 spiro atoms. The highest BCUT2D eigenvalue weighted by atomic mass is 16.5. The van der Waals surface area contributed by atoms with E-state index in [0.717, 1.165) is 10.6 Å². The number of anilines is 2. The molecule has 0 bridgehead atoms. The lowest BCUT2D eigenvalue weighted by molar-refractivity contribution is -0.119. The normalized spacial score (nSPS) is 12.5. The van der Waals surface area contributed by atoms with Crippen molar-refractivity contribution in [1.29, 1.82) is 0 Å². The number of carbonyl (C=O) groups excluding carboxylic acids is 3. The molecular weight excluding hydrogens is 356 g/mol. The average Bonchev–Trinajstić information content (AvgIpc) is 2.90. The van der Waals surface area contributed by atoms with Gasteiger partial charge in [-0.2, -0.15) is 0 Å². The van der Waals surface area contributed by atoms with Gasteiger partial charge in [0.2, 0.25) is 5.91 Å². The summed E-state index contributed by atoms with van der Waals surface area (Å²) in [6.45, 7) is -0.197. The molecule has 0 radical (unpaired) electrons. The molecule has 1 aliphatic heterocycles. The molecule has 10 heteroatoms. The van der Waals surface area contributed by atoms with Gasteiger partial charge in [0.1, 0.15) is 18.2 Å². The van der Waals surface area contributed by atoms with Crippen LogP contribution >= 0.6 is 0 Å². The number of carbonyl (C=O) groups is 3. The third kappa shape index (κ3) is 3.13. The van der Waals surface area contributed by atoms with Crippen LogP contribution in [0.25, 0.3) is 5.69 Å². The molecule has 0 aliphatic carbocycles. The second kappa shape index (κ2) is 6.92. The van der Waals surface area contributed by atoms with Gasteiger partial charge in [0.15, 0.2) is 0 Å². The first-order valence-corrected chi connectivity index (χ1v) is 7.75. The van der Waals surface area contributed by atoms with Crippen LogP contribution in [-0.2, 0) is 9.53 Å². The van der Waals surface area contributed by atoms with Crippen molar-refractivity contribution in [2.45, 2.75) is 0 Å². The molecule has 1 aromatic carbocycles. The molecule has 2 aromatic rings. The van der Waals surface area contributed by atoms with Gasteiger partial charge in [0.05, 0.1) is 29.6 Å². The molecule has 0 atom stereocenters. The van der Waals surface area contributed by atoms with E-state index in [9.17, 15) is 19.2 Å². The van der Waals surface area contributed by atoms with Crippen molar-refractivity contribution < 1.29 is 23.9 Å². The molecule has 10 nitrogen and oxygen atoms in total. The fourth-order valence-corrected chi connectivity index (χ4v) is 2.77. The highest BCUT2D eigenvalue weighted by Gasteiger charge is 2.32. The Morgan fingerprint density at radius 2 is 1.93 bits per heavy atom. The number of hydrogen-bond donors (Lipinski definition) is 3. The zero-order chi connectivity index (χ0) is 19.7. The van der Waals surface area contributed by atoms with Crippen molar-refractivity contribution in [3.63, 3.8) is 0 Å². The van der Waals surface area contributed by atoms with Crippen LogP contribution in [0.4, 0.5) is 11.5 Å². The molecular formula is C17H16N4O6. The number of hydrogen-bond acceptors (Lipinski definition) is 7. The summed E-state index contributed by atoms with van der Waals surface area (Å²) in [5.74, 6) is -1.68. The van der Waals surface area contributed by atoms with Crippen molar-refractivity contribution in [2.24, 2.45) is 0 Å². The lowest BCUT2D eigenvalue weighted by atomic mass is 10.1. The maximum Gasteiger partial charge on any atom is 0.262 e. The smallest absolute Gasteiger partial charge is 0.262 e. The van der Waals surface area contributed by atoms with E-state index >= 15 is 0 Å². The molecule has 27 heavy (non-hydrogen) atoms. The van der Waals surface area contributed by atoms with Gasteiger partial charge in [-0.15, -0.1) is 0 Å². The molecule has 0 fully saturated rings. The van der Waals surface area contributed by atoms with E-state index in [4.69, 9.17) is 15.2 Å². The number of aromatic nitrogens is 1. The number of fused-ring (bicyclic) bond motifs is 1. The van der Waals surface area contributed by atoms with E-state index in [1.54, 1.807) is 6.07 Å². The largest absolute Gasteiger partial charge is 0.497 e. The molecule has 1 aliphatic rings. The van der Waals surface area contributed by atoms with E-state index in [1.807, 2.05) is 0 Å². The first-order chi connectivity index (χ1) is 12.9. The van der Waals surface area contributed by atoms with E-state index in [-0.39, 0.29) is 34.9 Å². The van der Waals surface area contributed by atoms with Gasteiger partial charge in [-0.1, -0.05) is 0 Å². The average molecular weight is 372 g/mol.